The third-order valence-corrected chi connectivity index (χ3v) is 8.20. The zero-order valence-corrected chi connectivity index (χ0v) is 10.1. The van der Waals surface area contributed by atoms with E-state index in [9.17, 15) is 0 Å². The molecule has 0 aliphatic carbocycles. The van der Waals surface area contributed by atoms with Crippen molar-refractivity contribution in [2.75, 3.05) is 0 Å². The normalized spacial score (nSPS) is 27.1. The molecule has 0 aromatic rings. The van der Waals surface area contributed by atoms with E-state index in [0.29, 0.717) is 0 Å². The second kappa shape index (κ2) is 4.18. The first-order chi connectivity index (χ1) is 6.12. The lowest BCUT2D eigenvalue weighted by molar-refractivity contribution is -0.0144. The maximum absolute atomic E-state index is 9.09. The van der Waals surface area contributed by atoms with Gasteiger partial charge in [0.05, 0.1) is 0 Å². The van der Waals surface area contributed by atoms with E-state index in [1.54, 1.807) is 0 Å². The van der Waals surface area contributed by atoms with Crippen LogP contribution in [-0.2, 0) is 12.3 Å². The van der Waals surface area contributed by atoms with Crippen molar-refractivity contribution < 1.29 is 36.3 Å². The van der Waals surface area contributed by atoms with Gasteiger partial charge in [0.25, 0.3) is 0 Å². The molecular weight excluding hydrogens is 248 g/mol. The summed E-state index contributed by atoms with van der Waals surface area (Å²) in [7, 11) is -13.1. The number of rotatable bonds is 0. The molecule has 14 heavy (non-hydrogen) atoms. The van der Waals surface area contributed by atoms with Crippen molar-refractivity contribution in [2.45, 2.75) is 6.55 Å². The third kappa shape index (κ3) is 4.41. The Labute approximate surface area is 83.3 Å². The molecule has 0 amide bonds. The molecule has 1 fully saturated rings. The van der Waals surface area contributed by atoms with Crippen molar-refractivity contribution >= 4 is 26.9 Å². The van der Waals surface area contributed by atoms with Crippen LogP contribution in [-0.4, -0.2) is 50.9 Å². The monoisotopic (exact) mass is 258 g/mol. The minimum Gasteiger partial charge on any atom is -0.391 e. The fourth-order valence-corrected chi connectivity index (χ4v) is 7.69. The lowest BCUT2D eigenvalue weighted by Gasteiger charge is -2.36. The first kappa shape index (κ1) is 13.9. The predicted octanol–water partition coefficient (Wildman–Crippen LogP) is -3.30. The van der Waals surface area contributed by atoms with Crippen LogP contribution < -0.4 is 0 Å². The Kier molecular flexibility index (Phi) is 4.14. The van der Waals surface area contributed by atoms with Crippen LogP contribution in [0.2, 0.25) is 6.55 Å². The van der Waals surface area contributed by atoms with Gasteiger partial charge in [-0.15, -0.1) is 12.8 Å². The highest BCUT2D eigenvalue weighted by atomic mass is 28.6. The van der Waals surface area contributed by atoms with Crippen molar-refractivity contribution in [3.63, 3.8) is 0 Å². The Balaban J connectivity index is 0.000000791. The Bertz CT molecular complexity index is 178. The van der Waals surface area contributed by atoms with E-state index < -0.39 is 26.9 Å². The van der Waals surface area contributed by atoms with Crippen LogP contribution >= 0.6 is 0 Å². The molecule has 1 rings (SSSR count). The molecule has 1 saturated heterocycles. The molecule has 8 nitrogen and oxygen atoms in total. The summed E-state index contributed by atoms with van der Waals surface area (Å²) in [6.45, 7) is 1.01. The van der Waals surface area contributed by atoms with Gasteiger partial charge in [0, 0.05) is 6.55 Å². The molecule has 0 unspecified atom stereocenters. The van der Waals surface area contributed by atoms with Crippen LogP contribution in [0.1, 0.15) is 0 Å². The number of terminal acetylenes is 1. The van der Waals surface area contributed by atoms with Crippen molar-refractivity contribution in [1.82, 2.24) is 0 Å². The summed E-state index contributed by atoms with van der Waals surface area (Å²) in [5.74, 6) is 0. The molecule has 0 radical (unpaired) electrons. The molecule has 82 valence electrons. The lowest BCUT2D eigenvalue weighted by Crippen LogP contribution is -2.70. The second-order valence-electron chi connectivity index (χ2n) is 2.30. The Hall–Kier alpha value is -0.109. The maximum atomic E-state index is 9.09. The SMILES string of the molecule is C#C.C[Si]1(O)O[Si](O)(O)O[Si](O)(O)O1. The average molecular weight is 258 g/mol. The van der Waals surface area contributed by atoms with Crippen LogP contribution in [0.15, 0.2) is 0 Å². The summed E-state index contributed by atoms with van der Waals surface area (Å²) < 4.78 is 12.3. The summed E-state index contributed by atoms with van der Waals surface area (Å²) in [4.78, 5) is 44.3. The molecule has 11 heteroatoms. The molecule has 0 aromatic heterocycles. The van der Waals surface area contributed by atoms with Crippen LogP contribution in [0.4, 0.5) is 0 Å². The molecule has 1 aliphatic heterocycles. The van der Waals surface area contributed by atoms with Gasteiger partial charge in [0.2, 0.25) is 0 Å². The van der Waals surface area contributed by atoms with Gasteiger partial charge in [0.15, 0.2) is 0 Å². The van der Waals surface area contributed by atoms with E-state index in [1.807, 2.05) is 0 Å². The molecule has 5 N–H and O–H groups in total. The van der Waals surface area contributed by atoms with Crippen LogP contribution in [0.25, 0.3) is 0 Å². The van der Waals surface area contributed by atoms with Crippen LogP contribution in [0.5, 0.6) is 0 Å². The zero-order valence-electron chi connectivity index (χ0n) is 7.12. The van der Waals surface area contributed by atoms with Crippen LogP contribution in [0, 0.1) is 12.8 Å². The molecule has 1 heterocycles. The number of hydrogen-bond acceptors (Lipinski definition) is 8. The van der Waals surface area contributed by atoms with Gasteiger partial charge in [0.1, 0.15) is 0 Å². The smallest absolute Gasteiger partial charge is 0.391 e. The van der Waals surface area contributed by atoms with E-state index in [1.165, 1.54) is 0 Å². The molecule has 0 aromatic carbocycles. The Morgan fingerprint density at radius 1 is 0.786 bits per heavy atom. The fraction of sp³-hybridized carbons (Fsp3) is 0.333. The minimum atomic E-state index is -4.61. The molecular formula is C3H10O8Si3. The topological polar surface area (TPSA) is 129 Å². The first-order valence-electron chi connectivity index (χ1n) is 3.18. The highest BCUT2D eigenvalue weighted by molar-refractivity contribution is 6.82. The van der Waals surface area contributed by atoms with Crippen LogP contribution in [0.3, 0.4) is 0 Å². The van der Waals surface area contributed by atoms with Crippen molar-refractivity contribution in [3.05, 3.63) is 0 Å². The van der Waals surface area contributed by atoms with Crippen molar-refractivity contribution in [2.24, 2.45) is 0 Å². The Morgan fingerprint density at radius 3 is 1.29 bits per heavy atom. The summed E-state index contributed by atoms with van der Waals surface area (Å²) in [5, 5.41) is 0. The van der Waals surface area contributed by atoms with Gasteiger partial charge in [-0.3, -0.25) is 0 Å². The molecule has 0 saturated carbocycles. The highest BCUT2D eigenvalue weighted by Crippen LogP contribution is 2.22. The van der Waals surface area contributed by atoms with E-state index in [0.717, 1.165) is 6.55 Å². The quantitative estimate of drug-likeness (QED) is 0.226. The van der Waals surface area contributed by atoms with Gasteiger partial charge in [-0.2, -0.15) is 0 Å². The minimum absolute atomic E-state index is 1.01. The van der Waals surface area contributed by atoms with Crippen molar-refractivity contribution in [1.29, 1.82) is 0 Å². The van der Waals surface area contributed by atoms with E-state index in [-0.39, 0.29) is 0 Å². The molecule has 1 aliphatic rings. The molecule has 0 spiro atoms. The predicted molar refractivity (Wildman–Crippen MR) is 47.4 cm³/mol. The molecule has 0 bridgehead atoms. The standard InChI is InChI=1S/C2H2.CH8O8Si3/c1-2;1-10(2)7-11(3,4)9-12(5,6)8-10/h1-2H;2-6H,1H3. The van der Waals surface area contributed by atoms with E-state index in [2.05, 4.69) is 25.2 Å². The largest absolute Gasteiger partial charge is 0.660 e. The summed E-state index contributed by atoms with van der Waals surface area (Å²) in [5.41, 5.74) is 0. The fourth-order valence-electron chi connectivity index (χ4n) is 0.729. The van der Waals surface area contributed by atoms with E-state index in [4.69, 9.17) is 24.0 Å². The van der Waals surface area contributed by atoms with Crippen molar-refractivity contribution in [3.8, 4) is 12.8 Å². The maximum Gasteiger partial charge on any atom is 0.660 e. The first-order valence-corrected chi connectivity index (χ1v) is 8.86. The van der Waals surface area contributed by atoms with Gasteiger partial charge in [-0.05, 0) is 0 Å². The highest BCUT2D eigenvalue weighted by Gasteiger charge is 2.64. The van der Waals surface area contributed by atoms with Gasteiger partial charge < -0.3 is 36.3 Å². The Morgan fingerprint density at radius 2 is 1.07 bits per heavy atom. The lowest BCUT2D eigenvalue weighted by atomic mass is 11.4. The van der Waals surface area contributed by atoms with Gasteiger partial charge in [-0.1, -0.05) is 0 Å². The third-order valence-electron chi connectivity index (χ3n) is 0.911. The van der Waals surface area contributed by atoms with Gasteiger partial charge >= 0.3 is 26.9 Å². The van der Waals surface area contributed by atoms with E-state index >= 15 is 0 Å². The summed E-state index contributed by atoms with van der Waals surface area (Å²) in [6, 6.07) is 0. The number of hydrogen-bond donors (Lipinski definition) is 5. The zero-order chi connectivity index (χ0) is 11.6. The average Bonchev–Trinajstić information content (AvgIpc) is 1.79. The summed E-state index contributed by atoms with van der Waals surface area (Å²) >= 11 is 0. The van der Waals surface area contributed by atoms with Gasteiger partial charge in [-0.25, -0.2) is 0 Å². The molecule has 0 atom stereocenters. The summed E-state index contributed by atoms with van der Waals surface area (Å²) in [6.07, 6.45) is 8.00. The second-order valence-corrected chi connectivity index (χ2v) is 8.74.